The molecule has 24 N–H and O–H groups in total. The minimum Gasteiger partial charge on any atom is -0.481 e. The van der Waals surface area contributed by atoms with Crippen LogP contribution in [-0.4, -0.2) is 236 Å². The molecule has 1 fully saturated rings. The minimum absolute atomic E-state index is 0.0140. The summed E-state index contributed by atoms with van der Waals surface area (Å²) in [5, 5.41) is 68.9. The van der Waals surface area contributed by atoms with Crippen LogP contribution in [-0.2, 0) is 102 Å². The highest BCUT2D eigenvalue weighted by Crippen LogP contribution is 2.22. The summed E-state index contributed by atoms with van der Waals surface area (Å²) in [7, 11) is 0. The Morgan fingerprint density at radius 2 is 1.06 bits per heavy atom. The monoisotopic (exact) mass is 1630 g/mol. The molecule has 1 saturated heterocycles. The standard InChI is InChI=1S/C74H105N17O25/c1-36(2)18-11-9-7-8-10-12-24-55(94)84-47(27-41-33-78-45-22-16-14-19-42(41)45)69(110)86-48(29-54(77)93)70(111)88-51(32-61(103)104)71(112)91-63-40(6)116-74(115)52(28-53(92)43-20-13-15-21-44(43)76)89-73(114)62(37(3)26-58(97)98)90-65(106)38(4)81-56(95)34-79-66(107)49(30-59(99)100)85-64(105)39(5)82-68(109)50(31-60(101)102)87-67(108)46(23-17-25-75)83-57(96)35-80-72(63)113/h13-16,19-22,33,36-40,46-52,62-63,78H,7-12,17-18,23-32,34-35,75-76H2,1-6H3,(H2,77,93)(H,79,107)(H,80,113)(H,81,95)(H,82,109)(H,83,96)(H,84,94)(H,85,105)(H,86,110)(H,87,108)(H,88,111)(H,89,114)(H,90,106)(H,91,112)(H,97,98)(H,99,100)(H,101,102)(H,103,104). The SMILES string of the molecule is CC(C)CCCCCCCCC(=O)NC(Cc1c[nH]c2ccccc12)C(=O)NC(CC(N)=O)C(=O)NC(CC(=O)O)C(=O)NC1C(=O)NCC(=O)NC(CCCN)C(=O)NC(CC(=O)O)C(=O)NC(C)C(=O)NC(CC(=O)O)C(=O)NCC(=O)NC(C)C(=O)NC(C(C)CC(=O)O)C(=O)NC(CC(=O)c2ccccc2N)C(=O)OC1C. The highest BCUT2D eigenvalue weighted by Gasteiger charge is 2.41. The first-order chi connectivity index (χ1) is 54.7. The fourth-order valence-electron chi connectivity index (χ4n) is 12.0. The van der Waals surface area contributed by atoms with E-state index < -0.39 is 248 Å². The number of aromatic nitrogens is 1. The van der Waals surface area contributed by atoms with Crippen LogP contribution < -0.4 is 86.3 Å². The number of carbonyl (C=O) groups is 20. The Kier molecular flexibility index (Phi) is 39.4. The number of aliphatic carboxylic acids is 4. The average Bonchev–Trinajstić information content (AvgIpc) is 1.77. The second-order valence-electron chi connectivity index (χ2n) is 28.4. The molecule has 1 aliphatic rings. The number of ether oxygens (including phenoxy) is 1. The van der Waals surface area contributed by atoms with E-state index in [-0.39, 0.29) is 43.5 Å². The Hall–Kier alpha value is -12.7. The summed E-state index contributed by atoms with van der Waals surface area (Å²) in [6.07, 6.45) is -2.00. The van der Waals surface area contributed by atoms with Gasteiger partial charge in [-0.05, 0) is 82.2 Å². The molecule has 1 aromatic heterocycles. The highest BCUT2D eigenvalue weighted by atomic mass is 16.5. The first kappa shape index (κ1) is 95.7. The average molecular weight is 1630 g/mol. The number of carboxylic acid groups (broad SMARTS) is 4. The number of aromatic amines is 1. The molecule has 4 rings (SSSR count). The number of anilines is 1. The number of cyclic esters (lactones) is 1. The fourth-order valence-corrected chi connectivity index (χ4v) is 12.0. The van der Waals surface area contributed by atoms with Gasteiger partial charge in [-0.2, -0.15) is 0 Å². The molecule has 42 heteroatoms. The van der Waals surface area contributed by atoms with Crippen molar-refractivity contribution >= 4 is 135 Å². The number of nitrogen functional groups attached to an aromatic ring is 1. The maximum absolute atomic E-state index is 14.8. The maximum atomic E-state index is 14.8. The maximum Gasteiger partial charge on any atom is 0.329 e. The largest absolute Gasteiger partial charge is 0.481 e. The third kappa shape index (κ3) is 33.2. The molecule has 0 bridgehead atoms. The molecule has 13 atom stereocenters. The molecular weight excluding hydrogens is 1530 g/mol. The van der Waals surface area contributed by atoms with Gasteiger partial charge in [-0.25, -0.2) is 4.79 Å². The number of esters is 1. The molecular formula is C74H105N17O25. The molecule has 0 saturated carbocycles. The van der Waals surface area contributed by atoms with Gasteiger partial charge in [0.1, 0.15) is 72.6 Å². The zero-order chi connectivity index (χ0) is 86.6. The number of amides is 14. The van der Waals surface area contributed by atoms with Gasteiger partial charge in [-0.3, -0.25) is 91.1 Å². The van der Waals surface area contributed by atoms with Crippen LogP contribution in [0.15, 0.2) is 54.7 Å². The number of ketones is 1. The molecule has 116 heavy (non-hydrogen) atoms. The number of benzene rings is 2. The summed E-state index contributed by atoms with van der Waals surface area (Å²) >= 11 is 0. The third-order valence-electron chi connectivity index (χ3n) is 18.2. The lowest BCUT2D eigenvalue weighted by Crippen LogP contribution is -2.61. The number of nitrogens with two attached hydrogens (primary N) is 3. The lowest BCUT2D eigenvalue weighted by atomic mass is 9.96. The van der Waals surface area contributed by atoms with Crippen molar-refractivity contribution in [2.45, 2.75) is 223 Å². The Labute approximate surface area is 665 Å². The van der Waals surface area contributed by atoms with E-state index in [2.05, 4.69) is 87.9 Å². The molecule has 2 heterocycles. The summed E-state index contributed by atoms with van der Waals surface area (Å²) in [6, 6.07) is -9.73. The van der Waals surface area contributed by atoms with Gasteiger partial charge < -0.3 is 116 Å². The van der Waals surface area contributed by atoms with Gasteiger partial charge in [0.2, 0.25) is 82.7 Å². The second-order valence-corrected chi connectivity index (χ2v) is 28.4. The van der Waals surface area contributed by atoms with E-state index in [4.69, 9.17) is 21.9 Å². The first-order valence-electron chi connectivity index (χ1n) is 37.5. The number of nitrogens with one attached hydrogen (secondary N) is 14. The Morgan fingerprint density at radius 3 is 1.67 bits per heavy atom. The van der Waals surface area contributed by atoms with Gasteiger partial charge in [-0.15, -0.1) is 0 Å². The minimum atomic E-state index is -2.43. The lowest BCUT2D eigenvalue weighted by Gasteiger charge is -2.30. The molecule has 2 aromatic carbocycles. The number of para-hydroxylation sites is 2. The van der Waals surface area contributed by atoms with Gasteiger partial charge in [0.05, 0.1) is 45.2 Å². The molecule has 42 nitrogen and oxygen atoms in total. The first-order valence-corrected chi connectivity index (χ1v) is 37.5. The topological polar surface area (TPSA) is 682 Å². The summed E-state index contributed by atoms with van der Waals surface area (Å²) in [5.41, 5.74) is 18.2. The fraction of sp³-hybridized carbons (Fsp3) is 0.541. The Morgan fingerprint density at radius 1 is 0.526 bits per heavy atom. The number of unbranched alkanes of at least 4 members (excludes halogenated alkanes) is 5. The van der Waals surface area contributed by atoms with E-state index in [0.717, 1.165) is 59.8 Å². The van der Waals surface area contributed by atoms with Crippen LogP contribution in [0.3, 0.4) is 0 Å². The van der Waals surface area contributed by atoms with Crippen LogP contribution in [0.1, 0.15) is 160 Å². The number of rotatable bonds is 35. The van der Waals surface area contributed by atoms with E-state index in [1.54, 1.807) is 30.5 Å². The van der Waals surface area contributed by atoms with E-state index >= 15 is 0 Å². The van der Waals surface area contributed by atoms with E-state index in [9.17, 15) is 116 Å². The quantitative estimate of drug-likeness (QED) is 0.0116. The predicted octanol–water partition coefficient (Wildman–Crippen LogP) is -3.96. The van der Waals surface area contributed by atoms with Crippen LogP contribution >= 0.6 is 0 Å². The lowest BCUT2D eigenvalue weighted by molar-refractivity contribution is -0.156. The smallest absolute Gasteiger partial charge is 0.329 e. The van der Waals surface area contributed by atoms with E-state index in [1.807, 2.05) is 0 Å². The summed E-state index contributed by atoms with van der Waals surface area (Å²) in [5.74, 6) is -28.3. The molecule has 636 valence electrons. The predicted molar refractivity (Wildman–Crippen MR) is 408 cm³/mol. The zero-order valence-electron chi connectivity index (χ0n) is 65.0. The summed E-state index contributed by atoms with van der Waals surface area (Å²) in [4.78, 5) is 276. The number of hydrogen-bond donors (Lipinski definition) is 21. The van der Waals surface area contributed by atoms with Crippen molar-refractivity contribution < 1.29 is 121 Å². The third-order valence-corrected chi connectivity index (χ3v) is 18.2. The van der Waals surface area contributed by atoms with Crippen molar-refractivity contribution in [2.75, 3.05) is 25.4 Å². The van der Waals surface area contributed by atoms with Crippen molar-refractivity contribution in [1.29, 1.82) is 0 Å². The second kappa shape index (κ2) is 47.8. The molecule has 0 aliphatic carbocycles. The van der Waals surface area contributed by atoms with Crippen molar-refractivity contribution in [1.82, 2.24) is 74.1 Å². The van der Waals surface area contributed by atoms with Gasteiger partial charge >= 0.3 is 29.8 Å². The Balaban J connectivity index is 1.85. The molecule has 14 amide bonds. The number of fused-ring (bicyclic) bond motifs is 1. The number of hydrogen-bond acceptors (Lipinski definition) is 23. The van der Waals surface area contributed by atoms with Crippen molar-refractivity contribution in [3.63, 3.8) is 0 Å². The number of Topliss-reactive ketones (excluding diaryl/α,β-unsaturated/α-hetero) is 1. The molecule has 13 unspecified atom stereocenters. The van der Waals surface area contributed by atoms with E-state index in [1.165, 1.54) is 24.3 Å². The normalized spacial score (nSPS) is 21.2. The van der Waals surface area contributed by atoms with E-state index in [0.29, 0.717) is 35.2 Å². The van der Waals surface area contributed by atoms with Gasteiger partial charge in [0, 0.05) is 47.6 Å². The van der Waals surface area contributed by atoms with Gasteiger partial charge in [-0.1, -0.05) is 89.6 Å². The number of carboxylic acids is 4. The molecule has 0 spiro atoms. The van der Waals surface area contributed by atoms with Crippen LogP contribution in [0.2, 0.25) is 0 Å². The molecule has 0 radical (unpaired) electrons. The Bertz CT molecular complexity index is 4080. The molecule has 1 aliphatic heterocycles. The highest BCUT2D eigenvalue weighted by molar-refractivity contribution is 6.05. The number of primary amides is 1. The number of carbonyl (C=O) groups excluding carboxylic acids is 16. The van der Waals surface area contributed by atoms with Crippen LogP contribution in [0, 0.1) is 11.8 Å². The van der Waals surface area contributed by atoms with Crippen LogP contribution in [0.5, 0.6) is 0 Å². The summed E-state index contributed by atoms with van der Waals surface area (Å²) in [6.45, 7) is 5.90. The van der Waals surface area contributed by atoms with Crippen molar-refractivity contribution in [3.05, 3.63) is 65.9 Å². The molecule has 3 aromatic rings. The van der Waals surface area contributed by atoms with Gasteiger partial charge in [0.25, 0.3) is 0 Å². The van der Waals surface area contributed by atoms with Crippen LogP contribution in [0.25, 0.3) is 10.9 Å². The van der Waals surface area contributed by atoms with Crippen molar-refractivity contribution in [3.8, 4) is 0 Å². The van der Waals surface area contributed by atoms with Gasteiger partial charge in [0.15, 0.2) is 5.78 Å². The summed E-state index contributed by atoms with van der Waals surface area (Å²) < 4.78 is 5.70. The number of H-pyrrole nitrogens is 1. The van der Waals surface area contributed by atoms with Crippen molar-refractivity contribution in [2.24, 2.45) is 23.3 Å². The zero-order valence-corrected chi connectivity index (χ0v) is 65.0. The van der Waals surface area contributed by atoms with Crippen LogP contribution in [0.4, 0.5) is 5.69 Å².